The zero-order valence-electron chi connectivity index (χ0n) is 21.3. The van der Waals surface area contributed by atoms with Gasteiger partial charge in [-0.25, -0.2) is 18.4 Å². The molecule has 1 aromatic heterocycles. The van der Waals surface area contributed by atoms with Crippen molar-refractivity contribution in [2.45, 2.75) is 25.6 Å². The van der Waals surface area contributed by atoms with E-state index in [0.717, 1.165) is 11.0 Å². The Morgan fingerprint density at radius 2 is 1.93 bits per heavy atom. The van der Waals surface area contributed by atoms with E-state index in [-0.39, 0.29) is 48.1 Å². The summed E-state index contributed by atoms with van der Waals surface area (Å²) in [6.07, 6.45) is -1.22. The van der Waals surface area contributed by atoms with Gasteiger partial charge in [-0.2, -0.15) is 0 Å². The van der Waals surface area contributed by atoms with E-state index in [1.54, 1.807) is 6.07 Å². The molecule has 1 saturated heterocycles. The van der Waals surface area contributed by atoms with Crippen LogP contribution < -0.4 is 9.80 Å². The van der Waals surface area contributed by atoms with Crippen molar-refractivity contribution in [1.82, 2.24) is 5.16 Å². The molecule has 2 amide bonds. The molecule has 13 heteroatoms. The fraction of sp³-hybridized carbons (Fsp3) is 0.259. The second-order valence-corrected chi connectivity index (χ2v) is 9.17. The number of aliphatic hydroxyl groups excluding tert-OH is 1. The minimum Gasteiger partial charge on any atom is -0.442 e. The molecule has 5 rings (SSSR count). The van der Waals surface area contributed by atoms with Gasteiger partial charge in [0, 0.05) is 29.2 Å². The maximum Gasteiger partial charge on any atom is 0.420 e. The fourth-order valence-corrected chi connectivity index (χ4v) is 4.34. The van der Waals surface area contributed by atoms with E-state index in [9.17, 15) is 19.1 Å². The van der Waals surface area contributed by atoms with Crippen LogP contribution in [0.1, 0.15) is 18.9 Å². The number of anilines is 2. The summed E-state index contributed by atoms with van der Waals surface area (Å²) >= 11 is 0. The summed E-state index contributed by atoms with van der Waals surface area (Å²) in [6.45, 7) is 4.71. The van der Waals surface area contributed by atoms with Gasteiger partial charge in [0.25, 0.3) is 0 Å². The highest BCUT2D eigenvalue weighted by atomic mass is 19.1. The number of ether oxygens (including phenoxy) is 2. The molecule has 0 spiro atoms. The van der Waals surface area contributed by atoms with Crippen LogP contribution in [0.5, 0.6) is 0 Å². The Hall–Kier alpha value is -4.78. The van der Waals surface area contributed by atoms with Crippen molar-refractivity contribution in [3.63, 3.8) is 0 Å². The third kappa shape index (κ3) is 5.50. The molecule has 1 N–H and O–H groups in total. The third-order valence-corrected chi connectivity index (χ3v) is 6.24. The topological polar surface area (TPSA) is 127 Å². The van der Waals surface area contributed by atoms with Gasteiger partial charge in [-0.05, 0) is 31.2 Å². The van der Waals surface area contributed by atoms with Crippen LogP contribution in [-0.4, -0.2) is 60.1 Å². The van der Waals surface area contributed by atoms with Crippen LogP contribution in [0.15, 0.2) is 70.7 Å². The molecule has 40 heavy (non-hydrogen) atoms. The third-order valence-electron chi connectivity index (χ3n) is 6.24. The number of aliphatic hydroxyl groups is 1. The molecule has 3 heterocycles. The van der Waals surface area contributed by atoms with Crippen molar-refractivity contribution in [3.8, 4) is 11.1 Å². The van der Waals surface area contributed by atoms with Crippen molar-refractivity contribution >= 4 is 29.4 Å². The molecule has 2 aliphatic heterocycles. The molecular formula is C27H24F2N4O7. The van der Waals surface area contributed by atoms with Gasteiger partial charge in [0.05, 0.1) is 36.9 Å². The molecule has 1 fully saturated rings. The molecule has 0 saturated carbocycles. The lowest BCUT2D eigenvalue weighted by atomic mass is 9.99. The maximum absolute atomic E-state index is 15.2. The van der Waals surface area contributed by atoms with Gasteiger partial charge < -0.3 is 23.9 Å². The molecule has 0 aliphatic carbocycles. The lowest BCUT2D eigenvalue weighted by molar-refractivity contribution is 0.0390. The monoisotopic (exact) mass is 554 g/mol. The van der Waals surface area contributed by atoms with Crippen LogP contribution in [0, 0.1) is 11.6 Å². The second-order valence-electron chi connectivity index (χ2n) is 9.17. The summed E-state index contributed by atoms with van der Waals surface area (Å²) in [5.74, 6) is -1.13. The molecule has 208 valence electrons. The van der Waals surface area contributed by atoms with Crippen LogP contribution in [0.4, 0.5) is 29.9 Å². The minimum atomic E-state index is -0.803. The lowest BCUT2D eigenvalue weighted by Gasteiger charge is -2.21. The predicted octanol–water partition coefficient (Wildman–Crippen LogP) is 4.61. The Balaban J connectivity index is 1.31. The van der Waals surface area contributed by atoms with Gasteiger partial charge >= 0.3 is 12.2 Å². The van der Waals surface area contributed by atoms with Gasteiger partial charge in [0.1, 0.15) is 24.0 Å². The van der Waals surface area contributed by atoms with E-state index in [4.69, 9.17) is 18.8 Å². The van der Waals surface area contributed by atoms with E-state index in [2.05, 4.69) is 16.9 Å². The van der Waals surface area contributed by atoms with Crippen LogP contribution in [0.2, 0.25) is 0 Å². The average Bonchev–Trinajstić information content (AvgIpc) is 3.68. The first-order valence-corrected chi connectivity index (χ1v) is 12.2. The van der Waals surface area contributed by atoms with Gasteiger partial charge in [0.2, 0.25) is 0 Å². The van der Waals surface area contributed by atoms with E-state index < -0.39 is 36.0 Å². The standard InChI is InChI=1S/C27H24F2N4O7/c1-15(2)38-27(36)33(25-7-8-37-31-25)13-19-12-32(26(35)39-19)17-4-6-21(23(29)10-17)20-5-3-16(9-22(20)28)24-11-18(14-34)40-30-24/h3-10,18-19,34H,1,11-14H2,2H3/t18?,19-/m1/s1. The number of nitrogens with zero attached hydrogens (tertiary/aromatic N) is 4. The van der Waals surface area contributed by atoms with E-state index in [1.165, 1.54) is 48.4 Å². The van der Waals surface area contributed by atoms with Gasteiger partial charge in [0.15, 0.2) is 11.9 Å². The highest BCUT2D eigenvalue weighted by Crippen LogP contribution is 2.32. The Morgan fingerprint density at radius 3 is 2.55 bits per heavy atom. The number of hydrogen-bond acceptors (Lipinski definition) is 9. The predicted molar refractivity (Wildman–Crippen MR) is 138 cm³/mol. The average molecular weight is 555 g/mol. The quantitative estimate of drug-likeness (QED) is 0.400. The largest absolute Gasteiger partial charge is 0.442 e. The van der Waals surface area contributed by atoms with Gasteiger partial charge in [-0.15, -0.1) is 0 Å². The molecule has 3 aromatic rings. The number of allylic oxidation sites excluding steroid dienone is 1. The number of hydrogen-bond donors (Lipinski definition) is 1. The lowest BCUT2D eigenvalue weighted by Crippen LogP contribution is -2.39. The van der Waals surface area contributed by atoms with Crippen LogP contribution in [0.3, 0.4) is 0 Å². The van der Waals surface area contributed by atoms with Crippen molar-refractivity contribution in [1.29, 1.82) is 0 Å². The van der Waals surface area contributed by atoms with E-state index in [0.29, 0.717) is 17.7 Å². The van der Waals surface area contributed by atoms with E-state index in [1.807, 2.05) is 0 Å². The Bertz CT molecular complexity index is 1480. The van der Waals surface area contributed by atoms with Crippen molar-refractivity contribution < 1.29 is 42.3 Å². The number of halogens is 2. The Kier molecular flexibility index (Phi) is 7.47. The summed E-state index contributed by atoms with van der Waals surface area (Å²) in [6, 6.07) is 9.64. The molecule has 0 bridgehead atoms. The summed E-state index contributed by atoms with van der Waals surface area (Å²) in [7, 11) is 0. The SMILES string of the molecule is C=C(C)OC(=O)N(C[C@H]1CN(c2ccc(-c3ccc(C4=NOC(CO)C4)cc3F)c(F)c2)C(=O)O1)c1ccon1. The number of benzene rings is 2. The molecule has 0 radical (unpaired) electrons. The van der Waals surface area contributed by atoms with Crippen LogP contribution >= 0.6 is 0 Å². The zero-order chi connectivity index (χ0) is 28.4. The molecule has 1 unspecified atom stereocenters. The highest BCUT2D eigenvalue weighted by Gasteiger charge is 2.36. The Labute approximate surface area is 226 Å². The molecule has 2 aliphatic rings. The number of carbonyl (C=O) groups excluding carboxylic acids is 2. The first-order chi connectivity index (χ1) is 19.2. The fourth-order valence-electron chi connectivity index (χ4n) is 4.34. The highest BCUT2D eigenvalue weighted by molar-refractivity contribution is 6.01. The number of carbonyl (C=O) groups is 2. The molecular weight excluding hydrogens is 530 g/mol. The van der Waals surface area contributed by atoms with Gasteiger partial charge in [-0.1, -0.05) is 29.0 Å². The summed E-state index contributed by atoms with van der Waals surface area (Å²) < 4.78 is 45.5. The van der Waals surface area contributed by atoms with Crippen molar-refractivity contribution in [2.24, 2.45) is 5.16 Å². The number of rotatable bonds is 8. The number of oxime groups is 1. The zero-order valence-corrected chi connectivity index (χ0v) is 21.3. The maximum atomic E-state index is 15.2. The first-order valence-electron chi connectivity index (χ1n) is 12.2. The normalized spacial score (nSPS) is 18.2. The minimum absolute atomic E-state index is 0.00509. The summed E-state index contributed by atoms with van der Waals surface area (Å²) in [4.78, 5) is 32.6. The van der Waals surface area contributed by atoms with Crippen LogP contribution in [0.25, 0.3) is 11.1 Å². The molecule has 2 aromatic carbocycles. The summed E-state index contributed by atoms with van der Waals surface area (Å²) in [5, 5.41) is 16.8. The van der Waals surface area contributed by atoms with Crippen molar-refractivity contribution in [3.05, 3.63) is 78.3 Å². The number of cyclic esters (lactones) is 1. The van der Waals surface area contributed by atoms with Crippen LogP contribution in [-0.2, 0) is 14.3 Å². The number of aromatic nitrogens is 1. The van der Waals surface area contributed by atoms with Crippen molar-refractivity contribution in [2.75, 3.05) is 29.5 Å². The molecule has 11 nitrogen and oxygen atoms in total. The summed E-state index contributed by atoms with van der Waals surface area (Å²) in [5.41, 5.74) is 1.15. The Morgan fingerprint density at radius 1 is 1.18 bits per heavy atom. The number of amides is 2. The van der Waals surface area contributed by atoms with Gasteiger partial charge in [-0.3, -0.25) is 9.80 Å². The first kappa shape index (κ1) is 26.8. The second kappa shape index (κ2) is 11.1. The smallest absolute Gasteiger partial charge is 0.420 e. The van der Waals surface area contributed by atoms with E-state index >= 15 is 4.39 Å². The molecule has 2 atom stereocenters.